The molecule has 154 valence electrons. The Balaban J connectivity index is 1.75. The number of carbonyl (C=O) groups is 1. The van der Waals surface area contributed by atoms with Crippen LogP contribution in [0.3, 0.4) is 0 Å². The van der Waals surface area contributed by atoms with Crippen LogP contribution in [0.1, 0.15) is 45.6 Å². The number of ether oxygens (including phenoxy) is 1. The molecule has 0 spiro atoms. The van der Waals surface area contributed by atoms with Gasteiger partial charge in [-0.25, -0.2) is 0 Å². The minimum Gasteiger partial charge on any atom is -0.489 e. The van der Waals surface area contributed by atoms with Gasteiger partial charge in [-0.2, -0.15) is 5.10 Å². The van der Waals surface area contributed by atoms with Crippen molar-refractivity contribution in [3.05, 3.63) is 62.7 Å². The standard InChI is InChI=1S/C21H25BrN4O3/c1-6-26-10-18(22)19(23-26)11-25(5)21(27)20-17(15(4)29-24-20)12-28-16-8-13(2)7-14(3)9-16/h7-10H,6,11-12H2,1-5H3. The molecule has 0 aliphatic rings. The molecule has 1 aromatic carbocycles. The first-order valence-corrected chi connectivity index (χ1v) is 10.2. The van der Waals surface area contributed by atoms with E-state index in [2.05, 4.69) is 32.3 Å². The summed E-state index contributed by atoms with van der Waals surface area (Å²) in [5.41, 5.74) is 3.95. The highest BCUT2D eigenvalue weighted by Crippen LogP contribution is 2.22. The summed E-state index contributed by atoms with van der Waals surface area (Å²) in [4.78, 5) is 14.6. The molecule has 0 fully saturated rings. The van der Waals surface area contributed by atoms with Crippen LogP contribution >= 0.6 is 15.9 Å². The number of aryl methyl sites for hydroxylation is 4. The monoisotopic (exact) mass is 460 g/mol. The van der Waals surface area contributed by atoms with Gasteiger partial charge in [-0.05, 0) is 66.9 Å². The van der Waals surface area contributed by atoms with Crippen LogP contribution < -0.4 is 4.74 Å². The van der Waals surface area contributed by atoms with Crippen LogP contribution in [0.2, 0.25) is 0 Å². The quantitative estimate of drug-likeness (QED) is 0.521. The molecule has 7 nitrogen and oxygen atoms in total. The molecule has 3 aromatic rings. The van der Waals surface area contributed by atoms with E-state index < -0.39 is 0 Å². The molecular weight excluding hydrogens is 436 g/mol. The third-order valence-corrected chi connectivity index (χ3v) is 5.27. The van der Waals surface area contributed by atoms with E-state index >= 15 is 0 Å². The molecule has 0 unspecified atom stereocenters. The number of rotatable bonds is 7. The van der Waals surface area contributed by atoms with Gasteiger partial charge in [0, 0.05) is 19.8 Å². The average molecular weight is 461 g/mol. The second kappa shape index (κ2) is 8.82. The van der Waals surface area contributed by atoms with Crippen LogP contribution in [0.15, 0.2) is 33.4 Å². The topological polar surface area (TPSA) is 73.4 Å². The Labute approximate surface area is 178 Å². The zero-order chi connectivity index (χ0) is 21.1. The predicted octanol–water partition coefficient (Wildman–Crippen LogP) is 4.43. The van der Waals surface area contributed by atoms with Gasteiger partial charge in [0.1, 0.15) is 18.1 Å². The Bertz CT molecular complexity index is 1000. The fourth-order valence-corrected chi connectivity index (χ4v) is 3.53. The van der Waals surface area contributed by atoms with E-state index in [1.54, 1.807) is 18.9 Å². The van der Waals surface area contributed by atoms with Crippen molar-refractivity contribution in [3.63, 3.8) is 0 Å². The van der Waals surface area contributed by atoms with Crippen molar-refractivity contribution < 1.29 is 14.1 Å². The number of nitrogens with zero attached hydrogens (tertiary/aromatic N) is 4. The Morgan fingerprint density at radius 2 is 1.93 bits per heavy atom. The highest BCUT2D eigenvalue weighted by molar-refractivity contribution is 9.10. The fourth-order valence-electron chi connectivity index (χ4n) is 3.08. The molecule has 0 aliphatic heterocycles. The molecule has 1 amide bonds. The molecule has 8 heteroatoms. The fraction of sp³-hybridized carbons (Fsp3) is 0.381. The van der Waals surface area contributed by atoms with E-state index in [-0.39, 0.29) is 18.2 Å². The van der Waals surface area contributed by atoms with Gasteiger partial charge in [0.15, 0.2) is 5.69 Å². The lowest BCUT2D eigenvalue weighted by Gasteiger charge is -2.15. The van der Waals surface area contributed by atoms with E-state index in [1.165, 1.54) is 0 Å². The molecule has 29 heavy (non-hydrogen) atoms. The molecule has 0 N–H and O–H groups in total. The molecule has 2 aromatic heterocycles. The number of hydrogen-bond donors (Lipinski definition) is 0. The molecule has 0 saturated carbocycles. The summed E-state index contributed by atoms with van der Waals surface area (Å²) in [6, 6.07) is 6.01. The van der Waals surface area contributed by atoms with Crippen LogP contribution in [0.25, 0.3) is 0 Å². The van der Waals surface area contributed by atoms with Gasteiger partial charge in [0.25, 0.3) is 5.91 Å². The van der Waals surface area contributed by atoms with Crippen LogP contribution in [0.4, 0.5) is 0 Å². The second-order valence-electron chi connectivity index (χ2n) is 7.12. The maximum atomic E-state index is 13.0. The van der Waals surface area contributed by atoms with Gasteiger partial charge in [0.05, 0.1) is 22.3 Å². The first kappa shape index (κ1) is 21.1. The van der Waals surface area contributed by atoms with E-state index in [0.29, 0.717) is 17.9 Å². The summed E-state index contributed by atoms with van der Waals surface area (Å²) in [5, 5.41) is 8.46. The van der Waals surface area contributed by atoms with Crippen LogP contribution in [0, 0.1) is 20.8 Å². The SMILES string of the molecule is CCn1cc(Br)c(CN(C)C(=O)c2noc(C)c2COc2cc(C)cc(C)c2)n1. The second-order valence-corrected chi connectivity index (χ2v) is 7.97. The first-order valence-electron chi connectivity index (χ1n) is 9.42. The lowest BCUT2D eigenvalue weighted by molar-refractivity contribution is 0.0770. The summed E-state index contributed by atoms with van der Waals surface area (Å²) in [6.45, 7) is 9.16. The molecule has 0 radical (unpaired) electrons. The largest absolute Gasteiger partial charge is 0.489 e. The number of aromatic nitrogens is 3. The van der Waals surface area contributed by atoms with Crippen molar-refractivity contribution in [2.75, 3.05) is 7.05 Å². The predicted molar refractivity (Wildman–Crippen MR) is 113 cm³/mol. The summed E-state index contributed by atoms with van der Waals surface area (Å²) < 4.78 is 13.9. The van der Waals surface area contributed by atoms with Crippen molar-refractivity contribution in [1.82, 2.24) is 19.8 Å². The van der Waals surface area contributed by atoms with E-state index in [4.69, 9.17) is 9.26 Å². The number of halogens is 1. The summed E-state index contributed by atoms with van der Waals surface area (Å²) in [5.74, 6) is 1.09. The summed E-state index contributed by atoms with van der Waals surface area (Å²) >= 11 is 3.50. The molecule has 0 aliphatic carbocycles. The minimum absolute atomic E-state index is 0.210. The van der Waals surface area contributed by atoms with Crippen molar-refractivity contribution in [3.8, 4) is 5.75 Å². The van der Waals surface area contributed by atoms with Gasteiger partial charge in [-0.3, -0.25) is 9.48 Å². The van der Waals surface area contributed by atoms with E-state index in [0.717, 1.165) is 33.6 Å². The number of hydrogen-bond acceptors (Lipinski definition) is 5. The van der Waals surface area contributed by atoms with Crippen molar-refractivity contribution >= 4 is 21.8 Å². The van der Waals surface area contributed by atoms with Crippen LogP contribution in [0.5, 0.6) is 5.75 Å². The highest BCUT2D eigenvalue weighted by atomic mass is 79.9. The zero-order valence-electron chi connectivity index (χ0n) is 17.3. The van der Waals surface area contributed by atoms with Gasteiger partial charge >= 0.3 is 0 Å². The van der Waals surface area contributed by atoms with Crippen LogP contribution in [-0.4, -0.2) is 32.8 Å². The van der Waals surface area contributed by atoms with Gasteiger partial charge < -0.3 is 14.2 Å². The normalized spacial score (nSPS) is 11.0. The third kappa shape index (κ3) is 4.87. The third-order valence-electron chi connectivity index (χ3n) is 4.61. The summed E-state index contributed by atoms with van der Waals surface area (Å²) in [7, 11) is 1.72. The average Bonchev–Trinajstić information content (AvgIpc) is 3.21. The number of amides is 1. The molecule has 0 saturated heterocycles. The highest BCUT2D eigenvalue weighted by Gasteiger charge is 2.24. The molecule has 3 rings (SSSR count). The minimum atomic E-state index is -0.237. The Morgan fingerprint density at radius 3 is 2.55 bits per heavy atom. The zero-order valence-corrected chi connectivity index (χ0v) is 18.9. The van der Waals surface area contributed by atoms with Gasteiger partial charge in [-0.15, -0.1) is 0 Å². The van der Waals surface area contributed by atoms with Gasteiger partial charge in [-0.1, -0.05) is 11.2 Å². The lowest BCUT2D eigenvalue weighted by atomic mass is 10.1. The maximum absolute atomic E-state index is 13.0. The van der Waals surface area contributed by atoms with Crippen molar-refractivity contribution in [2.45, 2.75) is 47.4 Å². The number of benzene rings is 1. The molecule has 2 heterocycles. The van der Waals surface area contributed by atoms with Gasteiger partial charge in [0.2, 0.25) is 0 Å². The Kier molecular flexibility index (Phi) is 6.42. The Hall–Kier alpha value is -2.61. The van der Waals surface area contributed by atoms with E-state index in [1.807, 2.05) is 43.8 Å². The first-order chi connectivity index (χ1) is 13.8. The molecular formula is C21H25BrN4O3. The smallest absolute Gasteiger partial charge is 0.276 e. The summed E-state index contributed by atoms with van der Waals surface area (Å²) in [6.07, 6.45) is 1.90. The number of carbonyl (C=O) groups excluding carboxylic acids is 1. The Morgan fingerprint density at radius 1 is 1.24 bits per heavy atom. The lowest BCUT2D eigenvalue weighted by Crippen LogP contribution is -2.28. The van der Waals surface area contributed by atoms with Crippen molar-refractivity contribution in [2.24, 2.45) is 0 Å². The molecule has 0 atom stereocenters. The van der Waals surface area contributed by atoms with E-state index in [9.17, 15) is 4.79 Å². The van der Waals surface area contributed by atoms with Crippen LogP contribution in [-0.2, 0) is 19.7 Å². The molecule has 0 bridgehead atoms. The van der Waals surface area contributed by atoms with Crippen molar-refractivity contribution in [1.29, 1.82) is 0 Å². The maximum Gasteiger partial charge on any atom is 0.276 e.